The molecule has 0 atom stereocenters. The number of unbranched alkanes of at least 4 members (excludes halogenated alkanes) is 2. The van der Waals surface area contributed by atoms with Gasteiger partial charge in [0.25, 0.3) is 0 Å². The lowest BCUT2D eigenvalue weighted by Crippen LogP contribution is -2.08. The molecule has 13 heavy (non-hydrogen) atoms. The zero-order valence-corrected chi connectivity index (χ0v) is 10.1. The van der Waals surface area contributed by atoms with Crippen LogP contribution in [0.3, 0.4) is 0 Å². The summed E-state index contributed by atoms with van der Waals surface area (Å²) in [6.45, 7) is 11.0. The second kappa shape index (κ2) is 14.4. The van der Waals surface area contributed by atoms with Crippen molar-refractivity contribution in [3.8, 4) is 0 Å². The minimum absolute atomic E-state index is 0.0425. The first-order valence-electron chi connectivity index (χ1n) is 5.44. The third kappa shape index (κ3) is 33.6. The number of hydrogen-bond donors (Lipinski definition) is 0. The fraction of sp³-hybridized carbons (Fsp3) is 1.00. The summed E-state index contributed by atoms with van der Waals surface area (Å²) in [4.78, 5) is 0. The molecule has 0 unspecified atom stereocenters. The summed E-state index contributed by atoms with van der Waals surface area (Å²) in [5.41, 5.74) is 0. The minimum Gasteiger partial charge on any atom is -0.207 e. The van der Waals surface area contributed by atoms with Crippen LogP contribution in [0.1, 0.15) is 67.2 Å². The van der Waals surface area contributed by atoms with Crippen LogP contribution in [0.4, 0.5) is 8.78 Å². The predicted molar refractivity (Wildman–Crippen MR) is 57.5 cm³/mol. The summed E-state index contributed by atoms with van der Waals surface area (Å²) in [6, 6.07) is 0. The quantitative estimate of drug-likeness (QED) is 0.537. The van der Waals surface area contributed by atoms with Gasteiger partial charge in [0.2, 0.25) is 5.92 Å². The number of rotatable bonds is 4. The molecule has 0 amide bonds. The first-order valence-corrected chi connectivity index (χ1v) is 5.44. The van der Waals surface area contributed by atoms with E-state index in [9.17, 15) is 8.78 Å². The van der Waals surface area contributed by atoms with Crippen LogP contribution in [0, 0.1) is 0 Å². The highest BCUT2D eigenvalue weighted by atomic mass is 19.3. The zero-order valence-electron chi connectivity index (χ0n) is 10.1. The lowest BCUT2D eigenvalue weighted by molar-refractivity contribution is 0.0105. The Hall–Kier alpha value is -0.140. The number of halogens is 2. The molecule has 0 aromatic carbocycles. The molecule has 0 rings (SSSR count). The average Bonchev–Trinajstić information content (AvgIpc) is 2.10. The lowest BCUT2D eigenvalue weighted by Gasteiger charge is -2.07. The van der Waals surface area contributed by atoms with Gasteiger partial charge in [-0.15, -0.1) is 0 Å². The Bertz CT molecular complexity index is 65.0. The molecule has 0 aliphatic carbocycles. The van der Waals surface area contributed by atoms with Gasteiger partial charge in [0.15, 0.2) is 0 Å². The standard InChI is InChI=1S/C7H14F2.2C2H6/c1-3-4-5-6-7(2,8)9;2*1-2/h3-6H2,1-2H3;2*1-2H3. The summed E-state index contributed by atoms with van der Waals surface area (Å²) in [5, 5.41) is 0. The monoisotopic (exact) mass is 196 g/mol. The molecule has 0 saturated heterocycles. The topological polar surface area (TPSA) is 0 Å². The second-order valence-electron chi connectivity index (χ2n) is 2.53. The molecule has 0 aliphatic heterocycles. The molecule has 2 heteroatoms. The largest absolute Gasteiger partial charge is 0.245 e. The predicted octanol–water partition coefficient (Wildman–Crippen LogP) is 5.27. The van der Waals surface area contributed by atoms with Crippen molar-refractivity contribution in [1.82, 2.24) is 0 Å². The maximum absolute atomic E-state index is 12.0. The first kappa shape index (κ1) is 18.6. The van der Waals surface area contributed by atoms with Crippen LogP contribution in [0.25, 0.3) is 0 Å². The summed E-state index contributed by atoms with van der Waals surface area (Å²) < 4.78 is 24.1. The maximum Gasteiger partial charge on any atom is 0.245 e. The first-order chi connectivity index (χ1) is 6.06. The van der Waals surface area contributed by atoms with Crippen LogP contribution >= 0.6 is 0 Å². The molecule has 0 aromatic heterocycles. The lowest BCUT2D eigenvalue weighted by atomic mass is 10.1. The van der Waals surface area contributed by atoms with Gasteiger partial charge >= 0.3 is 0 Å². The summed E-state index contributed by atoms with van der Waals surface area (Å²) in [5.74, 6) is -2.45. The molecule has 0 spiro atoms. The van der Waals surface area contributed by atoms with Gasteiger partial charge in [0.1, 0.15) is 0 Å². The van der Waals surface area contributed by atoms with Crippen molar-refractivity contribution >= 4 is 0 Å². The molecule has 0 aliphatic rings. The Morgan fingerprint density at radius 1 is 0.923 bits per heavy atom. The summed E-state index contributed by atoms with van der Waals surface area (Å²) in [6.07, 6.45) is 2.63. The molecule has 0 bridgehead atoms. The van der Waals surface area contributed by atoms with E-state index in [1.165, 1.54) is 0 Å². The Morgan fingerprint density at radius 2 is 1.31 bits per heavy atom. The Balaban J connectivity index is -0.000000218. The smallest absolute Gasteiger partial charge is 0.207 e. The third-order valence-corrected chi connectivity index (χ3v) is 1.22. The van der Waals surface area contributed by atoms with E-state index in [0.717, 1.165) is 19.8 Å². The maximum atomic E-state index is 12.0. The van der Waals surface area contributed by atoms with E-state index < -0.39 is 5.92 Å². The van der Waals surface area contributed by atoms with Gasteiger partial charge in [-0.25, -0.2) is 8.78 Å². The molecular weight excluding hydrogens is 170 g/mol. The molecule has 84 valence electrons. The highest BCUT2D eigenvalue weighted by Gasteiger charge is 2.19. The van der Waals surface area contributed by atoms with Crippen LogP contribution in [-0.4, -0.2) is 5.92 Å². The van der Waals surface area contributed by atoms with Crippen molar-refractivity contribution in [3.05, 3.63) is 0 Å². The van der Waals surface area contributed by atoms with E-state index in [0.29, 0.717) is 6.42 Å². The Kier molecular flexibility index (Phi) is 20.6. The van der Waals surface area contributed by atoms with E-state index in [1.54, 1.807) is 0 Å². The highest BCUT2D eigenvalue weighted by Crippen LogP contribution is 2.19. The van der Waals surface area contributed by atoms with Crippen molar-refractivity contribution in [3.63, 3.8) is 0 Å². The number of hydrogen-bond acceptors (Lipinski definition) is 0. The zero-order chi connectivity index (χ0) is 11.3. The minimum atomic E-state index is -2.45. The second-order valence-corrected chi connectivity index (χ2v) is 2.53. The Labute approximate surface area is 82.7 Å². The molecule has 0 N–H and O–H groups in total. The van der Waals surface area contributed by atoms with E-state index >= 15 is 0 Å². The fourth-order valence-electron chi connectivity index (χ4n) is 0.685. The van der Waals surface area contributed by atoms with Crippen molar-refractivity contribution < 1.29 is 8.78 Å². The van der Waals surface area contributed by atoms with E-state index in [4.69, 9.17) is 0 Å². The van der Waals surface area contributed by atoms with Crippen LogP contribution in [0.5, 0.6) is 0 Å². The summed E-state index contributed by atoms with van der Waals surface area (Å²) in [7, 11) is 0. The van der Waals surface area contributed by atoms with Gasteiger partial charge < -0.3 is 0 Å². The van der Waals surface area contributed by atoms with Crippen LogP contribution < -0.4 is 0 Å². The van der Waals surface area contributed by atoms with Gasteiger partial charge in [-0.2, -0.15) is 0 Å². The molecule has 0 fully saturated rings. The van der Waals surface area contributed by atoms with Gasteiger partial charge in [-0.3, -0.25) is 0 Å². The molecule has 0 nitrogen and oxygen atoms in total. The van der Waals surface area contributed by atoms with E-state index in [2.05, 4.69) is 0 Å². The fourth-order valence-corrected chi connectivity index (χ4v) is 0.685. The van der Waals surface area contributed by atoms with Gasteiger partial charge in [-0.05, 0) is 13.3 Å². The average molecular weight is 196 g/mol. The van der Waals surface area contributed by atoms with Crippen LogP contribution in [-0.2, 0) is 0 Å². The van der Waals surface area contributed by atoms with Crippen molar-refractivity contribution in [1.29, 1.82) is 0 Å². The van der Waals surface area contributed by atoms with Gasteiger partial charge in [0, 0.05) is 6.42 Å². The van der Waals surface area contributed by atoms with Crippen molar-refractivity contribution in [2.75, 3.05) is 0 Å². The SMILES string of the molecule is CC.CC.CCCCCC(C)(F)F. The van der Waals surface area contributed by atoms with Gasteiger partial charge in [0.05, 0.1) is 0 Å². The van der Waals surface area contributed by atoms with Crippen LogP contribution in [0.2, 0.25) is 0 Å². The third-order valence-electron chi connectivity index (χ3n) is 1.22. The molecule has 0 aromatic rings. The number of alkyl halides is 2. The molecular formula is C11H26F2. The van der Waals surface area contributed by atoms with Crippen molar-refractivity contribution in [2.24, 2.45) is 0 Å². The van der Waals surface area contributed by atoms with Crippen molar-refractivity contribution in [2.45, 2.75) is 73.1 Å². The summed E-state index contributed by atoms with van der Waals surface area (Å²) >= 11 is 0. The Morgan fingerprint density at radius 3 is 1.54 bits per heavy atom. The van der Waals surface area contributed by atoms with Gasteiger partial charge in [-0.1, -0.05) is 47.5 Å². The highest BCUT2D eigenvalue weighted by molar-refractivity contribution is 4.56. The molecule has 0 radical (unpaired) electrons. The molecule has 0 heterocycles. The normalized spacial score (nSPS) is 9.23. The van der Waals surface area contributed by atoms with Crippen LogP contribution in [0.15, 0.2) is 0 Å². The van der Waals surface area contributed by atoms with E-state index in [1.807, 2.05) is 34.6 Å². The van der Waals surface area contributed by atoms with E-state index in [-0.39, 0.29) is 6.42 Å². The molecule has 0 saturated carbocycles.